The third-order valence-corrected chi connectivity index (χ3v) is 5.36. The summed E-state index contributed by atoms with van der Waals surface area (Å²) in [4.78, 5) is 20.3. The molecule has 0 spiro atoms. The van der Waals surface area contributed by atoms with Crippen molar-refractivity contribution in [1.29, 1.82) is 0 Å². The van der Waals surface area contributed by atoms with Gasteiger partial charge in [0.25, 0.3) is 5.91 Å². The number of morpholine rings is 1. The van der Waals surface area contributed by atoms with E-state index >= 15 is 0 Å². The molecule has 0 radical (unpaired) electrons. The fourth-order valence-corrected chi connectivity index (χ4v) is 3.74. The van der Waals surface area contributed by atoms with Crippen LogP contribution in [-0.4, -0.2) is 54.7 Å². The van der Waals surface area contributed by atoms with Crippen molar-refractivity contribution in [1.82, 2.24) is 15.2 Å². The second kappa shape index (κ2) is 8.12. The van der Waals surface area contributed by atoms with Crippen LogP contribution < -0.4 is 5.32 Å². The zero-order chi connectivity index (χ0) is 17.8. The van der Waals surface area contributed by atoms with Gasteiger partial charge in [-0.05, 0) is 24.3 Å². The Kier molecular flexibility index (Phi) is 5.88. The Labute approximate surface area is 152 Å². The van der Waals surface area contributed by atoms with Gasteiger partial charge in [-0.3, -0.25) is 9.69 Å². The molecule has 1 unspecified atom stereocenters. The first-order valence-corrected chi connectivity index (χ1v) is 9.55. The summed E-state index contributed by atoms with van der Waals surface area (Å²) in [6, 6.07) is 4.16. The van der Waals surface area contributed by atoms with Gasteiger partial charge in [0.15, 0.2) is 5.69 Å². The van der Waals surface area contributed by atoms with Crippen molar-refractivity contribution >= 4 is 17.2 Å². The number of ether oxygens (including phenoxy) is 1. The van der Waals surface area contributed by atoms with Crippen LogP contribution in [0.25, 0.3) is 10.8 Å². The molecule has 7 heteroatoms. The number of rotatable bonds is 6. The van der Waals surface area contributed by atoms with Crippen molar-refractivity contribution in [2.75, 3.05) is 32.8 Å². The summed E-state index contributed by atoms with van der Waals surface area (Å²) in [5.74, 6) is 1.32. The van der Waals surface area contributed by atoms with Crippen LogP contribution >= 0.6 is 11.3 Å². The first-order valence-electron chi connectivity index (χ1n) is 8.67. The topological polar surface area (TPSA) is 67.6 Å². The van der Waals surface area contributed by atoms with Gasteiger partial charge in [0, 0.05) is 25.7 Å². The van der Waals surface area contributed by atoms with E-state index in [-0.39, 0.29) is 11.9 Å². The summed E-state index contributed by atoms with van der Waals surface area (Å²) in [5, 5.41) is 5.00. The number of hydrogen-bond acceptors (Lipinski definition) is 6. The first kappa shape index (κ1) is 18.1. The molecule has 1 atom stereocenters. The van der Waals surface area contributed by atoms with E-state index in [1.807, 2.05) is 17.5 Å². The van der Waals surface area contributed by atoms with Crippen LogP contribution in [0.2, 0.25) is 0 Å². The Balaban J connectivity index is 1.65. The maximum Gasteiger partial charge on any atom is 0.273 e. The predicted molar refractivity (Wildman–Crippen MR) is 97.9 cm³/mol. The summed E-state index contributed by atoms with van der Waals surface area (Å²) in [5.41, 5.74) is 0.368. The monoisotopic (exact) mass is 363 g/mol. The van der Waals surface area contributed by atoms with Gasteiger partial charge in [0.05, 0.1) is 18.1 Å². The van der Waals surface area contributed by atoms with Crippen LogP contribution in [0, 0.1) is 12.8 Å². The lowest BCUT2D eigenvalue weighted by Gasteiger charge is -2.36. The number of amides is 1. The lowest BCUT2D eigenvalue weighted by Crippen LogP contribution is -2.51. The zero-order valence-corrected chi connectivity index (χ0v) is 15.8. The number of thiophene rings is 1. The fraction of sp³-hybridized carbons (Fsp3) is 0.556. The molecule has 2 aromatic heterocycles. The molecule has 0 saturated carbocycles. The molecule has 0 bridgehead atoms. The molecule has 25 heavy (non-hydrogen) atoms. The molecule has 1 aliphatic rings. The SMILES string of the molecule is Cc1oc(-c2cccs2)nc1C(=O)NCC(C(C)C)N1CCOCC1. The zero-order valence-electron chi connectivity index (χ0n) is 14.9. The number of hydrogen-bond donors (Lipinski definition) is 1. The summed E-state index contributed by atoms with van der Waals surface area (Å²) in [6.07, 6.45) is 0. The standard InChI is InChI=1S/C18H25N3O3S/c1-12(2)14(21-6-8-23-9-7-21)11-19-17(22)16-13(3)24-18(20-16)15-5-4-10-25-15/h4-5,10,12,14H,6-9,11H2,1-3H3,(H,19,22). The summed E-state index contributed by atoms with van der Waals surface area (Å²) in [7, 11) is 0. The minimum absolute atomic E-state index is 0.178. The highest BCUT2D eigenvalue weighted by molar-refractivity contribution is 7.13. The molecule has 2 aromatic rings. The maximum atomic E-state index is 12.6. The van der Waals surface area contributed by atoms with Gasteiger partial charge in [-0.1, -0.05) is 19.9 Å². The maximum absolute atomic E-state index is 12.6. The summed E-state index contributed by atoms with van der Waals surface area (Å²) < 4.78 is 11.1. The highest BCUT2D eigenvalue weighted by Crippen LogP contribution is 2.25. The quantitative estimate of drug-likeness (QED) is 0.855. The van der Waals surface area contributed by atoms with Crippen molar-refractivity contribution in [3.05, 3.63) is 29.0 Å². The Morgan fingerprint density at radius 2 is 2.16 bits per heavy atom. The fourth-order valence-electron chi connectivity index (χ4n) is 3.09. The molecule has 6 nitrogen and oxygen atoms in total. The van der Waals surface area contributed by atoms with Gasteiger partial charge in [-0.2, -0.15) is 0 Å². The lowest BCUT2D eigenvalue weighted by atomic mass is 10.0. The van der Waals surface area contributed by atoms with Crippen LogP contribution in [0.3, 0.4) is 0 Å². The smallest absolute Gasteiger partial charge is 0.273 e. The number of nitrogens with zero attached hydrogens (tertiary/aromatic N) is 2. The van der Waals surface area contributed by atoms with Gasteiger partial charge < -0.3 is 14.5 Å². The molecule has 3 heterocycles. The molecule has 0 aromatic carbocycles. The molecule has 1 amide bonds. The van der Waals surface area contributed by atoms with E-state index in [9.17, 15) is 4.79 Å². The average molecular weight is 363 g/mol. The second-order valence-electron chi connectivity index (χ2n) is 6.57. The molecule has 0 aliphatic carbocycles. The molecular weight excluding hydrogens is 338 g/mol. The number of oxazole rings is 1. The van der Waals surface area contributed by atoms with Gasteiger partial charge in [-0.15, -0.1) is 11.3 Å². The molecule has 1 N–H and O–H groups in total. The van der Waals surface area contributed by atoms with E-state index in [2.05, 4.69) is 29.0 Å². The molecule has 3 rings (SSSR count). The number of aromatic nitrogens is 1. The average Bonchev–Trinajstić information content (AvgIpc) is 3.25. The van der Waals surface area contributed by atoms with E-state index in [4.69, 9.17) is 9.15 Å². The lowest BCUT2D eigenvalue weighted by molar-refractivity contribution is 0.00671. The second-order valence-corrected chi connectivity index (χ2v) is 7.52. The van der Waals surface area contributed by atoms with Crippen molar-refractivity contribution < 1.29 is 13.9 Å². The highest BCUT2D eigenvalue weighted by atomic mass is 32.1. The minimum Gasteiger partial charge on any atom is -0.440 e. The summed E-state index contributed by atoms with van der Waals surface area (Å²) >= 11 is 1.54. The van der Waals surface area contributed by atoms with Gasteiger partial charge in [0.2, 0.25) is 5.89 Å². The van der Waals surface area contributed by atoms with E-state index < -0.39 is 0 Å². The number of carbonyl (C=O) groups excluding carboxylic acids is 1. The molecule has 1 fully saturated rings. The normalized spacial score (nSPS) is 17.0. The third kappa shape index (κ3) is 4.29. The summed E-state index contributed by atoms with van der Waals surface area (Å²) in [6.45, 7) is 10.1. The highest BCUT2D eigenvalue weighted by Gasteiger charge is 2.25. The van der Waals surface area contributed by atoms with Gasteiger partial charge >= 0.3 is 0 Å². The number of nitrogens with one attached hydrogen (secondary N) is 1. The molecule has 1 aliphatic heterocycles. The number of aryl methyl sites for hydroxylation is 1. The van der Waals surface area contributed by atoms with Crippen LogP contribution in [0.1, 0.15) is 30.1 Å². The van der Waals surface area contributed by atoms with Gasteiger partial charge in [0.1, 0.15) is 5.76 Å². The van der Waals surface area contributed by atoms with Gasteiger partial charge in [-0.25, -0.2) is 4.98 Å². The van der Waals surface area contributed by atoms with Crippen LogP contribution in [0.4, 0.5) is 0 Å². The van der Waals surface area contributed by atoms with E-state index in [0.717, 1.165) is 31.2 Å². The Morgan fingerprint density at radius 3 is 2.80 bits per heavy atom. The van der Waals surface area contributed by atoms with Crippen molar-refractivity contribution in [3.63, 3.8) is 0 Å². The first-order chi connectivity index (χ1) is 12.1. The van der Waals surface area contributed by atoms with Crippen LogP contribution in [-0.2, 0) is 4.74 Å². The van der Waals surface area contributed by atoms with Crippen molar-refractivity contribution in [2.45, 2.75) is 26.8 Å². The third-order valence-electron chi connectivity index (χ3n) is 4.50. The van der Waals surface area contributed by atoms with Crippen molar-refractivity contribution in [2.24, 2.45) is 5.92 Å². The largest absolute Gasteiger partial charge is 0.440 e. The van der Waals surface area contributed by atoms with Crippen molar-refractivity contribution in [3.8, 4) is 10.8 Å². The van der Waals surface area contributed by atoms with E-state index in [1.165, 1.54) is 0 Å². The molecule has 1 saturated heterocycles. The minimum atomic E-state index is -0.178. The Morgan fingerprint density at radius 1 is 1.40 bits per heavy atom. The van der Waals surface area contributed by atoms with Crippen LogP contribution in [0.5, 0.6) is 0 Å². The Hall–Kier alpha value is -1.70. The van der Waals surface area contributed by atoms with E-state index in [0.29, 0.717) is 29.8 Å². The molecule has 136 valence electrons. The molecular formula is C18H25N3O3S. The predicted octanol–water partition coefficient (Wildman–Crippen LogP) is 2.80. The number of carbonyl (C=O) groups is 1. The van der Waals surface area contributed by atoms with E-state index in [1.54, 1.807) is 18.3 Å². The Bertz CT molecular complexity index is 690. The van der Waals surface area contributed by atoms with Crippen LogP contribution in [0.15, 0.2) is 21.9 Å².